The van der Waals surface area contributed by atoms with E-state index in [2.05, 4.69) is 0 Å². The number of pyridine rings is 1. The molecule has 1 amide bonds. The van der Waals surface area contributed by atoms with Gasteiger partial charge in [0.25, 0.3) is 12.3 Å². The second-order valence-corrected chi connectivity index (χ2v) is 2.72. The highest BCUT2D eigenvalue weighted by molar-refractivity contribution is 5.98. The number of rotatable bonds is 3. The molecule has 0 radical (unpaired) electrons. The Morgan fingerprint density at radius 1 is 1.56 bits per heavy atom. The van der Waals surface area contributed by atoms with Crippen LogP contribution in [-0.4, -0.2) is 15.8 Å². The smallest absolute Gasteiger partial charge is 0.347 e. The average molecular weight is 233 g/mol. The van der Waals surface area contributed by atoms with E-state index >= 15 is 0 Å². The van der Waals surface area contributed by atoms with Crippen LogP contribution in [0.1, 0.15) is 22.3 Å². The summed E-state index contributed by atoms with van der Waals surface area (Å²) >= 11 is 0. The fraction of sp³-hybridized carbons (Fsp3) is 0.143. The maximum atomic E-state index is 12.4. The standard InChI is InChI=1S/C7H5F2N3O4/c8-5(9)2-1-11-7(14)4(12(15)16)3(2)6(10)13/h1,5H,(H2,10,13)(H,11,14). The molecule has 16 heavy (non-hydrogen) atoms. The second-order valence-electron chi connectivity index (χ2n) is 2.72. The molecule has 0 aliphatic carbocycles. The molecule has 0 bridgehead atoms. The van der Waals surface area contributed by atoms with Crippen LogP contribution in [0, 0.1) is 10.1 Å². The van der Waals surface area contributed by atoms with Crippen LogP contribution in [-0.2, 0) is 0 Å². The van der Waals surface area contributed by atoms with E-state index in [1.807, 2.05) is 0 Å². The molecule has 0 saturated carbocycles. The van der Waals surface area contributed by atoms with Gasteiger partial charge in [0, 0.05) is 6.20 Å². The third kappa shape index (κ3) is 1.87. The normalized spacial score (nSPS) is 10.4. The number of carbonyl (C=O) groups excluding carboxylic acids is 1. The fourth-order valence-corrected chi connectivity index (χ4v) is 1.14. The molecule has 0 spiro atoms. The number of nitrogens with two attached hydrogens (primary N) is 1. The number of halogens is 2. The summed E-state index contributed by atoms with van der Waals surface area (Å²) < 4.78 is 24.8. The molecule has 1 aromatic heterocycles. The number of carbonyl (C=O) groups is 1. The van der Waals surface area contributed by atoms with Gasteiger partial charge >= 0.3 is 11.2 Å². The molecule has 0 aromatic carbocycles. The summed E-state index contributed by atoms with van der Waals surface area (Å²) in [5.41, 5.74) is 0.157. The molecule has 3 N–H and O–H groups in total. The van der Waals surface area contributed by atoms with Gasteiger partial charge in [-0.2, -0.15) is 0 Å². The molecule has 0 unspecified atom stereocenters. The SMILES string of the molecule is NC(=O)c1c(C(F)F)c[nH]c(=O)c1[N+](=O)[O-]. The lowest BCUT2D eigenvalue weighted by Crippen LogP contribution is -2.23. The third-order valence-corrected chi connectivity index (χ3v) is 1.76. The minimum absolute atomic E-state index is 0.528. The van der Waals surface area contributed by atoms with Gasteiger partial charge in [-0.3, -0.25) is 19.7 Å². The number of H-pyrrole nitrogens is 1. The Morgan fingerprint density at radius 2 is 2.12 bits per heavy atom. The summed E-state index contributed by atoms with van der Waals surface area (Å²) in [6, 6.07) is 0. The molecule has 9 heteroatoms. The number of nitrogens with zero attached hydrogens (tertiary/aromatic N) is 1. The lowest BCUT2D eigenvalue weighted by Gasteiger charge is -2.04. The summed E-state index contributed by atoms with van der Waals surface area (Å²) in [5.74, 6) is -1.45. The first-order chi connectivity index (χ1) is 7.36. The second kappa shape index (κ2) is 4.04. The van der Waals surface area contributed by atoms with Crippen molar-refractivity contribution in [3.63, 3.8) is 0 Å². The van der Waals surface area contributed by atoms with Crippen molar-refractivity contribution >= 4 is 11.6 Å². The van der Waals surface area contributed by atoms with Crippen molar-refractivity contribution in [1.29, 1.82) is 0 Å². The molecular weight excluding hydrogens is 228 g/mol. The predicted molar refractivity (Wildman–Crippen MR) is 47.2 cm³/mol. The summed E-state index contributed by atoms with van der Waals surface area (Å²) in [4.78, 5) is 32.8. The molecule has 0 saturated heterocycles. The van der Waals surface area contributed by atoms with E-state index in [-0.39, 0.29) is 0 Å². The van der Waals surface area contributed by atoms with Crippen molar-refractivity contribution in [1.82, 2.24) is 4.98 Å². The zero-order valence-corrected chi connectivity index (χ0v) is 7.57. The first-order valence-corrected chi connectivity index (χ1v) is 3.84. The summed E-state index contributed by atoms with van der Waals surface area (Å²) in [6.07, 6.45) is -2.63. The Morgan fingerprint density at radius 3 is 2.50 bits per heavy atom. The van der Waals surface area contributed by atoms with Gasteiger partial charge in [-0.25, -0.2) is 8.78 Å². The zero-order valence-electron chi connectivity index (χ0n) is 7.57. The maximum absolute atomic E-state index is 12.4. The highest BCUT2D eigenvalue weighted by atomic mass is 19.3. The summed E-state index contributed by atoms with van der Waals surface area (Å²) in [7, 11) is 0. The number of nitrogens with one attached hydrogen (secondary N) is 1. The Hall–Kier alpha value is -2.32. The highest BCUT2D eigenvalue weighted by Crippen LogP contribution is 2.25. The number of hydrogen-bond acceptors (Lipinski definition) is 4. The molecule has 1 aromatic rings. The molecule has 0 aliphatic heterocycles. The van der Waals surface area contributed by atoms with Gasteiger partial charge < -0.3 is 10.7 Å². The van der Waals surface area contributed by atoms with Crippen molar-refractivity contribution in [2.45, 2.75) is 6.43 Å². The lowest BCUT2D eigenvalue weighted by atomic mass is 10.1. The number of primary amides is 1. The van der Waals surface area contributed by atoms with Crippen molar-refractivity contribution in [3.8, 4) is 0 Å². The molecule has 1 rings (SSSR count). The summed E-state index contributed by atoms with van der Waals surface area (Å²) in [6.45, 7) is 0. The molecule has 0 aliphatic rings. The number of aromatic nitrogens is 1. The van der Waals surface area contributed by atoms with E-state index < -0.39 is 39.6 Å². The average Bonchev–Trinajstić information content (AvgIpc) is 2.15. The van der Waals surface area contributed by atoms with Crippen LogP contribution in [0.25, 0.3) is 0 Å². The monoisotopic (exact) mass is 233 g/mol. The number of hydrogen-bond donors (Lipinski definition) is 2. The third-order valence-electron chi connectivity index (χ3n) is 1.76. The first-order valence-electron chi connectivity index (χ1n) is 3.84. The predicted octanol–water partition coefficient (Wildman–Crippen LogP) is 0.320. The van der Waals surface area contributed by atoms with Crippen LogP contribution in [0.15, 0.2) is 11.0 Å². The minimum atomic E-state index is -3.15. The van der Waals surface area contributed by atoms with E-state index in [0.29, 0.717) is 6.20 Å². The number of aromatic amines is 1. The molecule has 7 nitrogen and oxygen atoms in total. The Kier molecular flexibility index (Phi) is 2.97. The van der Waals surface area contributed by atoms with Gasteiger partial charge in [0.05, 0.1) is 10.5 Å². The van der Waals surface area contributed by atoms with E-state index in [1.165, 1.54) is 0 Å². The van der Waals surface area contributed by atoms with Crippen LogP contribution in [0.4, 0.5) is 14.5 Å². The van der Waals surface area contributed by atoms with Crippen LogP contribution >= 0.6 is 0 Å². The Bertz CT molecular complexity index is 511. The van der Waals surface area contributed by atoms with Gasteiger partial charge in [0.2, 0.25) is 0 Å². The maximum Gasteiger partial charge on any atom is 0.347 e. The number of nitro groups is 1. The van der Waals surface area contributed by atoms with E-state index in [1.54, 1.807) is 4.98 Å². The van der Waals surface area contributed by atoms with Crippen molar-refractivity contribution in [2.24, 2.45) is 5.73 Å². The molecule has 0 atom stereocenters. The fourth-order valence-electron chi connectivity index (χ4n) is 1.14. The van der Waals surface area contributed by atoms with Crippen molar-refractivity contribution < 1.29 is 18.5 Å². The minimum Gasteiger partial charge on any atom is -0.365 e. The topological polar surface area (TPSA) is 119 Å². The van der Waals surface area contributed by atoms with Crippen molar-refractivity contribution in [2.75, 3.05) is 0 Å². The molecule has 1 heterocycles. The largest absolute Gasteiger partial charge is 0.365 e. The molecule has 86 valence electrons. The Balaban J connectivity index is 3.70. The van der Waals surface area contributed by atoms with Gasteiger partial charge in [-0.1, -0.05) is 0 Å². The van der Waals surface area contributed by atoms with Gasteiger partial charge in [0.1, 0.15) is 5.56 Å². The number of alkyl halides is 2. The van der Waals surface area contributed by atoms with E-state index in [9.17, 15) is 28.5 Å². The zero-order chi connectivity index (χ0) is 12.5. The molecule has 0 fully saturated rings. The number of amides is 1. The van der Waals surface area contributed by atoms with E-state index in [4.69, 9.17) is 5.73 Å². The van der Waals surface area contributed by atoms with Crippen molar-refractivity contribution in [3.05, 3.63) is 37.8 Å². The molecular formula is C7H5F2N3O4. The van der Waals surface area contributed by atoms with E-state index in [0.717, 1.165) is 0 Å². The Labute approximate surface area is 86.0 Å². The van der Waals surface area contributed by atoms with Gasteiger partial charge in [0.15, 0.2) is 0 Å². The lowest BCUT2D eigenvalue weighted by molar-refractivity contribution is -0.386. The first kappa shape index (κ1) is 11.8. The van der Waals surface area contributed by atoms with Gasteiger partial charge in [-0.05, 0) is 0 Å². The van der Waals surface area contributed by atoms with Gasteiger partial charge in [-0.15, -0.1) is 0 Å². The van der Waals surface area contributed by atoms with Crippen LogP contribution in [0.3, 0.4) is 0 Å². The van der Waals surface area contributed by atoms with Crippen LogP contribution < -0.4 is 11.3 Å². The quantitative estimate of drug-likeness (QED) is 0.576. The van der Waals surface area contributed by atoms with Crippen LogP contribution in [0.5, 0.6) is 0 Å². The highest BCUT2D eigenvalue weighted by Gasteiger charge is 2.30. The van der Waals surface area contributed by atoms with Crippen LogP contribution in [0.2, 0.25) is 0 Å². The summed E-state index contributed by atoms with van der Waals surface area (Å²) in [5, 5.41) is 10.5.